The highest BCUT2D eigenvalue weighted by molar-refractivity contribution is 5.81. The third-order valence-corrected chi connectivity index (χ3v) is 3.37. The molecule has 1 amide bonds. The Bertz CT molecular complexity index is 221. The Morgan fingerprint density at radius 1 is 1.28 bits per heavy atom. The molecule has 0 bridgehead atoms. The van der Waals surface area contributed by atoms with E-state index in [1.54, 1.807) is 0 Å². The summed E-state index contributed by atoms with van der Waals surface area (Å²) in [6.07, 6.45) is 5.46. The average molecular weight is 257 g/mol. The molecule has 0 spiro atoms. The number of rotatable bonds is 10. The molecule has 0 rings (SSSR count). The minimum absolute atomic E-state index is 0.0535. The van der Waals surface area contributed by atoms with Gasteiger partial charge in [0.25, 0.3) is 0 Å². The smallest absolute Gasteiger partial charge is 0.237 e. The van der Waals surface area contributed by atoms with Crippen LogP contribution in [-0.2, 0) is 4.79 Å². The van der Waals surface area contributed by atoms with Crippen LogP contribution in [0.15, 0.2) is 0 Å². The van der Waals surface area contributed by atoms with E-state index >= 15 is 0 Å². The zero-order valence-corrected chi connectivity index (χ0v) is 12.5. The van der Waals surface area contributed by atoms with Crippen molar-refractivity contribution in [3.05, 3.63) is 0 Å². The summed E-state index contributed by atoms with van der Waals surface area (Å²) in [6.45, 7) is 7.88. The van der Waals surface area contributed by atoms with Crippen molar-refractivity contribution in [1.82, 2.24) is 10.2 Å². The van der Waals surface area contributed by atoms with Crippen LogP contribution in [0, 0.1) is 0 Å². The number of unbranched alkanes of at least 4 members (excludes halogenated alkanes) is 2. The molecule has 0 aliphatic carbocycles. The summed E-state index contributed by atoms with van der Waals surface area (Å²) < 4.78 is 0. The van der Waals surface area contributed by atoms with Gasteiger partial charge in [-0.1, -0.05) is 19.8 Å². The molecule has 0 saturated carbocycles. The number of carbonyl (C=O) groups excluding carboxylic acids is 1. The molecular weight excluding hydrogens is 226 g/mol. The van der Waals surface area contributed by atoms with Crippen LogP contribution in [0.2, 0.25) is 0 Å². The second-order valence-electron chi connectivity index (χ2n) is 5.20. The van der Waals surface area contributed by atoms with E-state index in [1.165, 1.54) is 0 Å². The molecule has 4 nitrogen and oxygen atoms in total. The fourth-order valence-electron chi connectivity index (χ4n) is 1.94. The van der Waals surface area contributed by atoms with E-state index in [0.29, 0.717) is 0 Å². The molecule has 2 atom stereocenters. The van der Waals surface area contributed by atoms with Crippen LogP contribution in [0.25, 0.3) is 0 Å². The molecule has 108 valence electrons. The van der Waals surface area contributed by atoms with Gasteiger partial charge in [0.2, 0.25) is 5.91 Å². The van der Waals surface area contributed by atoms with Gasteiger partial charge in [-0.25, -0.2) is 0 Å². The predicted molar refractivity (Wildman–Crippen MR) is 77.5 cm³/mol. The Balaban J connectivity index is 3.88. The molecule has 0 aromatic carbocycles. The fourth-order valence-corrected chi connectivity index (χ4v) is 1.94. The van der Waals surface area contributed by atoms with Crippen molar-refractivity contribution in [3.63, 3.8) is 0 Å². The maximum absolute atomic E-state index is 12.0. The lowest BCUT2D eigenvalue weighted by Crippen LogP contribution is -2.46. The lowest BCUT2D eigenvalue weighted by Gasteiger charge is -2.25. The van der Waals surface area contributed by atoms with Crippen LogP contribution < -0.4 is 11.1 Å². The summed E-state index contributed by atoms with van der Waals surface area (Å²) in [5.74, 6) is 0.136. The van der Waals surface area contributed by atoms with Crippen molar-refractivity contribution in [2.75, 3.05) is 20.1 Å². The molecule has 0 aromatic rings. The molecule has 0 aromatic heterocycles. The van der Waals surface area contributed by atoms with E-state index in [1.807, 2.05) is 14.0 Å². The van der Waals surface area contributed by atoms with Crippen molar-refractivity contribution in [3.8, 4) is 0 Å². The predicted octanol–water partition coefficient (Wildman–Crippen LogP) is 1.74. The normalized spacial score (nSPS) is 14.6. The second kappa shape index (κ2) is 10.3. The number of carbonyl (C=O) groups is 1. The number of hydrogen-bond donors (Lipinski definition) is 2. The molecule has 3 N–H and O–H groups in total. The van der Waals surface area contributed by atoms with Gasteiger partial charge in [-0.15, -0.1) is 0 Å². The summed E-state index contributed by atoms with van der Waals surface area (Å²) in [7, 11) is 2.01. The minimum Gasteiger partial charge on any atom is -0.352 e. The van der Waals surface area contributed by atoms with Gasteiger partial charge in [-0.2, -0.15) is 0 Å². The van der Waals surface area contributed by atoms with Gasteiger partial charge in [-0.3, -0.25) is 9.69 Å². The summed E-state index contributed by atoms with van der Waals surface area (Å²) in [6, 6.07) is 0.220. The van der Waals surface area contributed by atoms with Crippen LogP contribution in [0.5, 0.6) is 0 Å². The van der Waals surface area contributed by atoms with Gasteiger partial charge >= 0.3 is 0 Å². The van der Waals surface area contributed by atoms with E-state index in [-0.39, 0.29) is 18.0 Å². The van der Waals surface area contributed by atoms with Crippen molar-refractivity contribution in [2.24, 2.45) is 5.73 Å². The third-order valence-electron chi connectivity index (χ3n) is 3.37. The lowest BCUT2D eigenvalue weighted by atomic mass is 10.1. The molecular formula is C14H31N3O. The van der Waals surface area contributed by atoms with Gasteiger partial charge in [-0.05, 0) is 53.2 Å². The Labute approximate surface area is 112 Å². The van der Waals surface area contributed by atoms with Crippen molar-refractivity contribution in [2.45, 2.75) is 65.0 Å². The topological polar surface area (TPSA) is 58.4 Å². The number of likely N-dealkylation sites (N-methyl/N-ethyl adjacent to an activating group) is 1. The Hall–Kier alpha value is -0.610. The quantitative estimate of drug-likeness (QED) is 0.586. The van der Waals surface area contributed by atoms with Crippen molar-refractivity contribution >= 4 is 5.91 Å². The van der Waals surface area contributed by atoms with Gasteiger partial charge < -0.3 is 11.1 Å². The Kier molecular flexibility index (Phi) is 9.98. The fraction of sp³-hybridized carbons (Fsp3) is 0.929. The van der Waals surface area contributed by atoms with E-state index in [9.17, 15) is 4.79 Å². The number of nitrogens with two attached hydrogens (primary N) is 1. The lowest BCUT2D eigenvalue weighted by molar-refractivity contribution is -0.126. The number of amides is 1. The summed E-state index contributed by atoms with van der Waals surface area (Å²) in [4.78, 5) is 14.1. The maximum Gasteiger partial charge on any atom is 0.237 e. The molecule has 0 radical (unpaired) electrons. The molecule has 0 heterocycles. The second-order valence-corrected chi connectivity index (χ2v) is 5.20. The first-order valence-electron chi connectivity index (χ1n) is 7.23. The van der Waals surface area contributed by atoms with Crippen molar-refractivity contribution < 1.29 is 4.79 Å². The minimum atomic E-state index is -0.0535. The highest BCUT2D eigenvalue weighted by atomic mass is 16.2. The Morgan fingerprint density at radius 2 is 1.94 bits per heavy atom. The number of nitrogens with zero attached hydrogens (tertiary/aromatic N) is 1. The summed E-state index contributed by atoms with van der Waals surface area (Å²) in [5.41, 5.74) is 5.46. The molecule has 18 heavy (non-hydrogen) atoms. The monoisotopic (exact) mass is 257 g/mol. The highest BCUT2D eigenvalue weighted by Gasteiger charge is 2.18. The average Bonchev–Trinajstić information content (AvgIpc) is 2.33. The molecule has 0 saturated heterocycles. The molecule has 0 fully saturated rings. The van der Waals surface area contributed by atoms with E-state index in [4.69, 9.17) is 5.73 Å². The van der Waals surface area contributed by atoms with Gasteiger partial charge in [0.05, 0.1) is 6.04 Å². The highest BCUT2D eigenvalue weighted by Crippen LogP contribution is 2.03. The molecule has 0 aliphatic heterocycles. The van der Waals surface area contributed by atoms with Crippen LogP contribution in [0.3, 0.4) is 0 Å². The van der Waals surface area contributed by atoms with Gasteiger partial charge in [0.1, 0.15) is 0 Å². The first kappa shape index (κ1) is 17.4. The van der Waals surface area contributed by atoms with Gasteiger partial charge in [0.15, 0.2) is 0 Å². The third kappa shape index (κ3) is 7.67. The molecule has 2 unspecified atom stereocenters. The zero-order chi connectivity index (χ0) is 14.0. The van der Waals surface area contributed by atoms with Crippen LogP contribution in [-0.4, -0.2) is 43.0 Å². The Morgan fingerprint density at radius 3 is 2.50 bits per heavy atom. The first-order valence-corrected chi connectivity index (χ1v) is 7.23. The maximum atomic E-state index is 12.0. The van der Waals surface area contributed by atoms with Crippen LogP contribution in [0.4, 0.5) is 0 Å². The SMILES string of the molecule is CCCC(C)NC(=O)C(C)N(C)CCCCCN. The van der Waals surface area contributed by atoms with Crippen LogP contribution in [0.1, 0.15) is 52.9 Å². The first-order chi connectivity index (χ1) is 8.52. The standard InChI is InChI=1S/C14H31N3O/c1-5-9-12(2)16-14(18)13(3)17(4)11-8-6-7-10-15/h12-13H,5-11,15H2,1-4H3,(H,16,18). The van der Waals surface area contributed by atoms with Crippen LogP contribution >= 0.6 is 0 Å². The molecule has 0 aliphatic rings. The molecule has 4 heteroatoms. The zero-order valence-electron chi connectivity index (χ0n) is 12.5. The largest absolute Gasteiger partial charge is 0.352 e. The number of hydrogen-bond acceptors (Lipinski definition) is 3. The van der Waals surface area contributed by atoms with E-state index < -0.39 is 0 Å². The van der Waals surface area contributed by atoms with Crippen molar-refractivity contribution in [1.29, 1.82) is 0 Å². The van der Waals surface area contributed by atoms with E-state index in [0.717, 1.165) is 45.2 Å². The number of nitrogens with one attached hydrogen (secondary N) is 1. The summed E-state index contributed by atoms with van der Waals surface area (Å²) >= 11 is 0. The summed E-state index contributed by atoms with van der Waals surface area (Å²) in [5, 5.41) is 3.06. The van der Waals surface area contributed by atoms with E-state index in [2.05, 4.69) is 24.1 Å². The van der Waals surface area contributed by atoms with Gasteiger partial charge in [0, 0.05) is 6.04 Å².